The highest BCUT2D eigenvalue weighted by Gasteiger charge is 2.28. The molecular formula is C48H90NO10P. The van der Waals surface area contributed by atoms with E-state index in [-0.39, 0.29) is 19.4 Å². The third kappa shape index (κ3) is 42.6. The van der Waals surface area contributed by atoms with Crippen LogP contribution in [0.4, 0.5) is 0 Å². The van der Waals surface area contributed by atoms with E-state index in [9.17, 15) is 23.8 Å². The number of phosphoric ester groups is 1. The number of allylic oxidation sites excluding steroid dienone is 4. The van der Waals surface area contributed by atoms with Gasteiger partial charge < -0.3 is 25.2 Å². The van der Waals surface area contributed by atoms with Gasteiger partial charge in [0.2, 0.25) is 0 Å². The normalized spacial score (nSPS) is 13.8. The number of aliphatic carboxylic acids is 1. The summed E-state index contributed by atoms with van der Waals surface area (Å²) in [5.41, 5.74) is 5.35. The molecule has 0 aliphatic heterocycles. The molecule has 0 radical (unpaired) electrons. The number of carboxylic acid groups (broad SMARTS) is 1. The van der Waals surface area contributed by atoms with Gasteiger partial charge in [0.1, 0.15) is 12.6 Å². The van der Waals surface area contributed by atoms with Crippen LogP contribution < -0.4 is 5.73 Å². The molecule has 12 heteroatoms. The van der Waals surface area contributed by atoms with Crippen molar-refractivity contribution in [1.82, 2.24) is 0 Å². The van der Waals surface area contributed by atoms with Crippen molar-refractivity contribution in [2.45, 2.75) is 244 Å². The smallest absolute Gasteiger partial charge is 0.472 e. The van der Waals surface area contributed by atoms with Gasteiger partial charge in [-0.2, -0.15) is 0 Å². The number of nitrogens with two attached hydrogens (primary N) is 1. The Bertz CT molecular complexity index is 1120. The number of hydrogen-bond acceptors (Lipinski definition) is 9. The molecule has 4 N–H and O–H groups in total. The molecule has 0 aromatic rings. The Balaban J connectivity index is 4.26. The molecule has 0 saturated carbocycles. The zero-order valence-corrected chi connectivity index (χ0v) is 39.2. The fourth-order valence-corrected chi connectivity index (χ4v) is 7.64. The number of carbonyl (C=O) groups excluding carboxylic acids is 2. The van der Waals surface area contributed by atoms with Crippen LogP contribution in [0.25, 0.3) is 0 Å². The summed E-state index contributed by atoms with van der Waals surface area (Å²) >= 11 is 0. The van der Waals surface area contributed by atoms with Crippen molar-refractivity contribution < 1.29 is 47.5 Å². The van der Waals surface area contributed by atoms with E-state index >= 15 is 0 Å². The topological polar surface area (TPSA) is 172 Å². The first-order valence-corrected chi connectivity index (χ1v) is 25.9. The van der Waals surface area contributed by atoms with Crippen molar-refractivity contribution in [2.24, 2.45) is 5.73 Å². The van der Waals surface area contributed by atoms with Gasteiger partial charge in [-0.15, -0.1) is 0 Å². The van der Waals surface area contributed by atoms with Crippen LogP contribution in [0.5, 0.6) is 0 Å². The second-order valence-corrected chi connectivity index (χ2v) is 18.1. The Morgan fingerprint density at radius 1 is 0.517 bits per heavy atom. The van der Waals surface area contributed by atoms with Gasteiger partial charge in [-0.3, -0.25) is 23.4 Å². The molecule has 0 rings (SSSR count). The molecule has 3 atom stereocenters. The van der Waals surface area contributed by atoms with Crippen LogP contribution in [0.15, 0.2) is 24.3 Å². The minimum atomic E-state index is -4.72. The van der Waals surface area contributed by atoms with Crippen LogP contribution in [0.2, 0.25) is 0 Å². The molecule has 0 aliphatic carbocycles. The predicted molar refractivity (Wildman–Crippen MR) is 245 cm³/mol. The summed E-state index contributed by atoms with van der Waals surface area (Å²) in [4.78, 5) is 46.1. The van der Waals surface area contributed by atoms with Crippen molar-refractivity contribution in [3.63, 3.8) is 0 Å². The van der Waals surface area contributed by atoms with Gasteiger partial charge in [0.15, 0.2) is 6.10 Å². The van der Waals surface area contributed by atoms with Crippen LogP contribution in [0.3, 0.4) is 0 Å². The van der Waals surface area contributed by atoms with Crippen LogP contribution >= 0.6 is 7.82 Å². The van der Waals surface area contributed by atoms with Crippen molar-refractivity contribution in [3.8, 4) is 0 Å². The summed E-state index contributed by atoms with van der Waals surface area (Å²) in [5, 5.41) is 8.91. The summed E-state index contributed by atoms with van der Waals surface area (Å²) in [5.74, 6) is -2.37. The van der Waals surface area contributed by atoms with Gasteiger partial charge in [-0.05, 0) is 44.9 Å². The zero-order valence-electron chi connectivity index (χ0n) is 38.3. The SMILES string of the molecule is CCCCCCC/C=C\C/C=C\CCCCCCCCCCCC(=O)OC(COC(=O)CCCCCCCCCCCCCCCCC)COP(=O)(O)OCC(N)C(=O)O. The molecule has 0 bridgehead atoms. The number of carboxylic acids is 1. The van der Waals surface area contributed by atoms with Crippen molar-refractivity contribution in [3.05, 3.63) is 24.3 Å². The summed E-state index contributed by atoms with van der Waals surface area (Å²) in [6.45, 7) is 2.82. The molecule has 0 spiro atoms. The average molecular weight is 872 g/mol. The van der Waals surface area contributed by atoms with Gasteiger partial charge in [-0.25, -0.2) is 4.57 Å². The largest absolute Gasteiger partial charge is 0.480 e. The summed E-state index contributed by atoms with van der Waals surface area (Å²) in [7, 11) is -4.72. The van der Waals surface area contributed by atoms with E-state index in [0.717, 1.165) is 51.4 Å². The number of rotatable bonds is 46. The Morgan fingerprint density at radius 2 is 0.883 bits per heavy atom. The lowest BCUT2D eigenvalue weighted by Crippen LogP contribution is -2.34. The van der Waals surface area contributed by atoms with Gasteiger partial charge in [-0.1, -0.05) is 199 Å². The Morgan fingerprint density at radius 3 is 1.30 bits per heavy atom. The van der Waals surface area contributed by atoms with Gasteiger partial charge in [0, 0.05) is 12.8 Å². The standard InChI is InChI=1S/C48H90NO10P/c1-3-5-7-9-11-13-15-17-19-20-21-22-23-24-26-28-30-32-34-36-38-40-47(51)59-44(42-57-60(54,55)58-43-45(49)48(52)53)41-56-46(50)39-37-35-33-31-29-27-25-18-16-14-12-10-8-6-4-2/h15,17,20-21,44-45H,3-14,16,18-19,22-43,49H2,1-2H3,(H,52,53)(H,54,55)/b17-15-,21-20-. The van der Waals surface area contributed by atoms with E-state index in [0.29, 0.717) is 12.8 Å². The minimum Gasteiger partial charge on any atom is -0.480 e. The average Bonchev–Trinajstić information content (AvgIpc) is 3.22. The number of unbranched alkanes of at least 4 members (excludes halogenated alkanes) is 28. The van der Waals surface area contributed by atoms with E-state index in [1.165, 1.54) is 141 Å². The first-order chi connectivity index (χ1) is 29.1. The zero-order chi connectivity index (χ0) is 44.2. The fraction of sp³-hybridized carbons (Fsp3) is 0.854. The van der Waals surface area contributed by atoms with Crippen molar-refractivity contribution in [2.75, 3.05) is 19.8 Å². The number of phosphoric acid groups is 1. The molecule has 0 aliphatic rings. The molecule has 0 amide bonds. The molecule has 11 nitrogen and oxygen atoms in total. The molecular weight excluding hydrogens is 781 g/mol. The summed E-state index contributed by atoms with van der Waals surface area (Å²) < 4.78 is 32.8. The minimum absolute atomic E-state index is 0.159. The maximum Gasteiger partial charge on any atom is 0.472 e. The Kier molecular flexibility index (Phi) is 42.1. The third-order valence-electron chi connectivity index (χ3n) is 10.7. The summed E-state index contributed by atoms with van der Waals surface area (Å²) in [6.07, 6.45) is 46.6. The van der Waals surface area contributed by atoms with Crippen LogP contribution in [-0.2, 0) is 37.5 Å². The quantitative estimate of drug-likeness (QED) is 0.0230. The van der Waals surface area contributed by atoms with Crippen molar-refractivity contribution in [1.29, 1.82) is 0 Å². The lowest BCUT2D eigenvalue weighted by molar-refractivity contribution is -0.161. The van der Waals surface area contributed by atoms with Crippen molar-refractivity contribution >= 4 is 25.7 Å². The number of esters is 2. The van der Waals surface area contributed by atoms with E-state index < -0.39 is 51.1 Å². The molecule has 352 valence electrons. The molecule has 0 fully saturated rings. The molecule has 0 aromatic carbocycles. The van der Waals surface area contributed by atoms with Crippen LogP contribution in [0.1, 0.15) is 232 Å². The Hall–Kier alpha value is -2.04. The monoisotopic (exact) mass is 872 g/mol. The van der Waals surface area contributed by atoms with Gasteiger partial charge in [0.05, 0.1) is 13.2 Å². The van der Waals surface area contributed by atoms with Gasteiger partial charge >= 0.3 is 25.7 Å². The highest BCUT2D eigenvalue weighted by Crippen LogP contribution is 2.43. The molecule has 0 aromatic heterocycles. The van der Waals surface area contributed by atoms with Crippen LogP contribution in [-0.4, -0.2) is 59.9 Å². The number of carbonyl (C=O) groups is 3. The second kappa shape index (κ2) is 43.6. The molecule has 3 unspecified atom stereocenters. The van der Waals surface area contributed by atoms with Gasteiger partial charge in [0.25, 0.3) is 0 Å². The van der Waals surface area contributed by atoms with E-state index in [1.807, 2.05) is 0 Å². The molecule has 0 saturated heterocycles. The maximum absolute atomic E-state index is 12.7. The van der Waals surface area contributed by atoms with E-state index in [2.05, 4.69) is 42.7 Å². The lowest BCUT2D eigenvalue weighted by Gasteiger charge is -2.20. The predicted octanol–water partition coefficient (Wildman–Crippen LogP) is 13.4. The first kappa shape index (κ1) is 58.0. The lowest BCUT2D eigenvalue weighted by atomic mass is 10.0. The third-order valence-corrected chi connectivity index (χ3v) is 11.7. The van der Waals surface area contributed by atoms with E-state index in [1.54, 1.807) is 0 Å². The van der Waals surface area contributed by atoms with Crippen LogP contribution in [0, 0.1) is 0 Å². The van der Waals surface area contributed by atoms with E-state index in [4.69, 9.17) is 24.8 Å². The summed E-state index contributed by atoms with van der Waals surface area (Å²) in [6, 6.07) is -1.52. The number of hydrogen-bond donors (Lipinski definition) is 3. The highest BCUT2D eigenvalue weighted by molar-refractivity contribution is 7.47. The molecule has 0 heterocycles. The second-order valence-electron chi connectivity index (χ2n) is 16.6. The Labute approximate surface area is 366 Å². The molecule has 60 heavy (non-hydrogen) atoms. The highest BCUT2D eigenvalue weighted by atomic mass is 31.2. The maximum atomic E-state index is 12.7. The first-order valence-electron chi connectivity index (χ1n) is 24.4. The fourth-order valence-electron chi connectivity index (χ4n) is 6.86. The number of ether oxygens (including phenoxy) is 2.